The molecule has 5 rings (SSSR count). The molecule has 0 saturated heterocycles. The Hall–Kier alpha value is -3.49. The molecule has 1 saturated carbocycles. The molecule has 1 fully saturated rings. The predicted molar refractivity (Wildman–Crippen MR) is 126 cm³/mol. The first-order chi connectivity index (χ1) is 16.1. The second kappa shape index (κ2) is 8.80. The first kappa shape index (κ1) is 21.4. The van der Waals surface area contributed by atoms with Gasteiger partial charge >= 0.3 is 0 Å². The highest BCUT2D eigenvalue weighted by Gasteiger charge is 2.34. The molecular formula is C28H27N3O2. The minimum Gasteiger partial charge on any atom is -0.375 e. The van der Waals surface area contributed by atoms with Crippen LogP contribution >= 0.6 is 0 Å². The van der Waals surface area contributed by atoms with Gasteiger partial charge in [0.15, 0.2) is 0 Å². The first-order valence-electron chi connectivity index (χ1n) is 11.5. The average Bonchev–Trinajstić information content (AvgIpc) is 2.83. The monoisotopic (exact) mass is 437 g/mol. The van der Waals surface area contributed by atoms with Gasteiger partial charge in [0.1, 0.15) is 5.41 Å². The SMILES string of the molecule is C[C@@]1(C#N)COCc2ccc(C(=O)NCc3cc([C@H]4C[C@@H](c5ccccc5)C4)ccn3)cc21. The van der Waals surface area contributed by atoms with Crippen LogP contribution in [0, 0.1) is 11.3 Å². The maximum atomic E-state index is 12.8. The number of nitriles is 1. The third kappa shape index (κ3) is 4.27. The van der Waals surface area contributed by atoms with Crippen molar-refractivity contribution in [2.24, 2.45) is 0 Å². The molecule has 0 spiro atoms. The van der Waals surface area contributed by atoms with Crippen LogP contribution in [0.15, 0.2) is 66.9 Å². The fourth-order valence-electron chi connectivity index (χ4n) is 4.90. The third-order valence-electron chi connectivity index (χ3n) is 7.01. The minimum absolute atomic E-state index is 0.162. The largest absolute Gasteiger partial charge is 0.375 e. The zero-order chi connectivity index (χ0) is 22.8. The summed E-state index contributed by atoms with van der Waals surface area (Å²) in [6, 6.07) is 22.7. The molecule has 5 heteroatoms. The number of hydrogen-bond donors (Lipinski definition) is 1. The fraction of sp³-hybridized carbons (Fsp3) is 0.321. The van der Waals surface area contributed by atoms with Crippen molar-refractivity contribution in [3.05, 3.63) is 100 Å². The normalized spacial score (nSPS) is 23.6. The molecule has 166 valence electrons. The van der Waals surface area contributed by atoms with Gasteiger partial charge in [0.25, 0.3) is 5.91 Å². The van der Waals surface area contributed by atoms with E-state index >= 15 is 0 Å². The zero-order valence-electron chi connectivity index (χ0n) is 18.8. The van der Waals surface area contributed by atoms with E-state index in [1.165, 1.54) is 11.1 Å². The third-order valence-corrected chi connectivity index (χ3v) is 7.01. The van der Waals surface area contributed by atoms with Gasteiger partial charge in [0.2, 0.25) is 0 Å². The van der Waals surface area contributed by atoms with Crippen molar-refractivity contribution in [1.29, 1.82) is 5.26 Å². The highest BCUT2D eigenvalue weighted by molar-refractivity contribution is 5.94. The van der Waals surface area contributed by atoms with Gasteiger partial charge in [-0.25, -0.2) is 0 Å². The molecule has 2 heterocycles. The Morgan fingerprint density at radius 3 is 2.70 bits per heavy atom. The topological polar surface area (TPSA) is 75.0 Å². The number of ether oxygens (including phenoxy) is 1. The summed E-state index contributed by atoms with van der Waals surface area (Å²) in [5.41, 5.74) is 5.22. The number of fused-ring (bicyclic) bond motifs is 1. The van der Waals surface area contributed by atoms with Gasteiger partial charge < -0.3 is 10.1 Å². The molecule has 1 aliphatic heterocycles. The molecule has 1 aromatic heterocycles. The number of aromatic nitrogens is 1. The van der Waals surface area contributed by atoms with Crippen molar-refractivity contribution in [2.75, 3.05) is 6.61 Å². The Morgan fingerprint density at radius 1 is 1.12 bits per heavy atom. The van der Waals surface area contributed by atoms with Crippen molar-refractivity contribution in [1.82, 2.24) is 10.3 Å². The zero-order valence-corrected chi connectivity index (χ0v) is 18.8. The second-order valence-corrected chi connectivity index (χ2v) is 9.35. The summed E-state index contributed by atoms with van der Waals surface area (Å²) in [7, 11) is 0. The molecule has 2 aliphatic rings. The summed E-state index contributed by atoms with van der Waals surface area (Å²) >= 11 is 0. The standard InChI is InChI=1S/C28H27N3O2/c1-28(17-29)18-33-16-22-8-7-21(14-26(22)28)27(32)31-15-25-13-20(9-10-30-25)24-11-23(12-24)19-5-3-2-4-6-19/h2-10,13-14,23-24H,11-12,15-16,18H2,1H3,(H,31,32)/t23-,24+,28-/m1/s1. The van der Waals surface area contributed by atoms with Gasteiger partial charge in [-0.2, -0.15) is 5.26 Å². The van der Waals surface area contributed by atoms with Crippen molar-refractivity contribution < 1.29 is 9.53 Å². The predicted octanol–water partition coefficient (Wildman–Crippen LogP) is 4.98. The van der Waals surface area contributed by atoms with Gasteiger partial charge in [0.05, 0.1) is 31.5 Å². The van der Waals surface area contributed by atoms with Crippen LogP contribution < -0.4 is 5.32 Å². The number of pyridine rings is 1. The van der Waals surface area contributed by atoms with Gasteiger partial charge in [-0.3, -0.25) is 9.78 Å². The molecule has 0 radical (unpaired) electrons. The number of benzene rings is 2. The first-order valence-corrected chi connectivity index (χ1v) is 11.5. The lowest BCUT2D eigenvalue weighted by molar-refractivity contribution is 0.0757. The number of rotatable bonds is 5. The lowest BCUT2D eigenvalue weighted by atomic mass is 9.68. The summed E-state index contributed by atoms with van der Waals surface area (Å²) < 4.78 is 5.55. The summed E-state index contributed by atoms with van der Waals surface area (Å²) in [6.07, 6.45) is 4.14. The molecule has 0 bridgehead atoms. The molecule has 2 aromatic carbocycles. The van der Waals surface area contributed by atoms with E-state index in [2.05, 4.69) is 58.8 Å². The Bertz CT molecular complexity index is 1210. The van der Waals surface area contributed by atoms with Gasteiger partial charge in [-0.05, 0) is 78.1 Å². The molecule has 1 amide bonds. The summed E-state index contributed by atoms with van der Waals surface area (Å²) in [4.78, 5) is 17.3. The number of nitrogens with zero attached hydrogens (tertiary/aromatic N) is 2. The maximum absolute atomic E-state index is 12.8. The van der Waals surface area contributed by atoms with Crippen LogP contribution in [0.2, 0.25) is 0 Å². The molecule has 5 nitrogen and oxygen atoms in total. The van der Waals surface area contributed by atoms with E-state index in [0.717, 1.165) is 29.7 Å². The molecule has 3 aromatic rings. The molecule has 33 heavy (non-hydrogen) atoms. The van der Waals surface area contributed by atoms with Crippen molar-refractivity contribution in [2.45, 2.75) is 50.2 Å². The van der Waals surface area contributed by atoms with E-state index in [1.54, 1.807) is 6.07 Å². The van der Waals surface area contributed by atoms with E-state index < -0.39 is 5.41 Å². The van der Waals surface area contributed by atoms with E-state index in [0.29, 0.717) is 37.2 Å². The van der Waals surface area contributed by atoms with Crippen LogP contribution in [0.5, 0.6) is 0 Å². The van der Waals surface area contributed by atoms with Crippen LogP contribution in [0.1, 0.15) is 69.9 Å². The van der Waals surface area contributed by atoms with Crippen LogP contribution in [0.3, 0.4) is 0 Å². The molecular weight excluding hydrogens is 410 g/mol. The Balaban J connectivity index is 1.22. The van der Waals surface area contributed by atoms with E-state index in [-0.39, 0.29) is 5.91 Å². The van der Waals surface area contributed by atoms with Crippen LogP contribution in [-0.2, 0) is 23.3 Å². The van der Waals surface area contributed by atoms with Crippen LogP contribution in [0.4, 0.5) is 0 Å². The van der Waals surface area contributed by atoms with Gasteiger partial charge in [0, 0.05) is 11.8 Å². The molecule has 1 aliphatic carbocycles. The highest BCUT2D eigenvalue weighted by Crippen LogP contribution is 2.47. The lowest BCUT2D eigenvalue weighted by Gasteiger charge is -2.36. The van der Waals surface area contributed by atoms with Crippen molar-refractivity contribution in [3.63, 3.8) is 0 Å². The quantitative estimate of drug-likeness (QED) is 0.611. The number of carbonyl (C=O) groups excluding carboxylic acids is 1. The fourth-order valence-corrected chi connectivity index (χ4v) is 4.90. The van der Waals surface area contributed by atoms with Crippen molar-refractivity contribution in [3.8, 4) is 6.07 Å². The maximum Gasteiger partial charge on any atom is 0.251 e. The molecule has 0 unspecified atom stereocenters. The second-order valence-electron chi connectivity index (χ2n) is 9.35. The average molecular weight is 438 g/mol. The lowest BCUT2D eigenvalue weighted by Crippen LogP contribution is -2.33. The number of carbonyl (C=O) groups is 1. The summed E-state index contributed by atoms with van der Waals surface area (Å²) in [5.74, 6) is 1.00. The van der Waals surface area contributed by atoms with E-state index in [9.17, 15) is 10.1 Å². The van der Waals surface area contributed by atoms with Gasteiger partial charge in [-0.15, -0.1) is 0 Å². The smallest absolute Gasteiger partial charge is 0.251 e. The van der Waals surface area contributed by atoms with Gasteiger partial charge in [-0.1, -0.05) is 36.4 Å². The Labute approximate surface area is 194 Å². The Kier molecular flexibility index (Phi) is 5.70. The summed E-state index contributed by atoms with van der Waals surface area (Å²) in [6.45, 7) is 3.03. The van der Waals surface area contributed by atoms with E-state index in [1.807, 2.05) is 25.3 Å². The van der Waals surface area contributed by atoms with Crippen LogP contribution in [-0.4, -0.2) is 17.5 Å². The molecule has 1 atom stereocenters. The highest BCUT2D eigenvalue weighted by atomic mass is 16.5. The van der Waals surface area contributed by atoms with Crippen LogP contribution in [0.25, 0.3) is 0 Å². The minimum atomic E-state index is -0.736. The van der Waals surface area contributed by atoms with Crippen molar-refractivity contribution >= 4 is 5.91 Å². The number of nitrogens with one attached hydrogen (secondary N) is 1. The number of amides is 1. The Morgan fingerprint density at radius 2 is 1.91 bits per heavy atom. The number of hydrogen-bond acceptors (Lipinski definition) is 4. The van der Waals surface area contributed by atoms with E-state index in [4.69, 9.17) is 4.74 Å². The molecule has 1 N–H and O–H groups in total. The summed E-state index contributed by atoms with van der Waals surface area (Å²) in [5, 5.41) is 12.6.